The molecule has 0 fully saturated rings. The van der Waals surface area contributed by atoms with E-state index in [2.05, 4.69) is 16.1 Å². The molecule has 0 spiro atoms. The standard InChI is InChI=1S/C12H16N4/c1-16-12(5-8-15-16)10-4-7-14-11(9-10)3-2-6-13/h4-5,7-9H,2-3,6,13H2,1H3. The maximum absolute atomic E-state index is 5.49. The Morgan fingerprint density at radius 3 is 2.88 bits per heavy atom. The molecule has 0 saturated carbocycles. The van der Waals surface area contributed by atoms with Crippen molar-refractivity contribution < 1.29 is 0 Å². The molecule has 0 radical (unpaired) electrons. The number of pyridine rings is 1. The van der Waals surface area contributed by atoms with Crippen LogP contribution >= 0.6 is 0 Å². The van der Waals surface area contributed by atoms with Crippen LogP contribution in [0.1, 0.15) is 12.1 Å². The summed E-state index contributed by atoms with van der Waals surface area (Å²) in [5.74, 6) is 0. The maximum atomic E-state index is 5.49. The Labute approximate surface area is 95.1 Å². The minimum Gasteiger partial charge on any atom is -0.330 e. The molecule has 16 heavy (non-hydrogen) atoms. The van der Waals surface area contributed by atoms with Crippen molar-refractivity contribution in [1.29, 1.82) is 0 Å². The Bertz CT molecular complexity index is 462. The van der Waals surface area contributed by atoms with E-state index in [-0.39, 0.29) is 0 Å². The van der Waals surface area contributed by atoms with Gasteiger partial charge in [-0.3, -0.25) is 9.67 Å². The fraction of sp³-hybridized carbons (Fsp3) is 0.333. The summed E-state index contributed by atoms with van der Waals surface area (Å²) in [5, 5.41) is 4.16. The smallest absolute Gasteiger partial charge is 0.0680 e. The average molecular weight is 216 g/mol. The summed E-state index contributed by atoms with van der Waals surface area (Å²) >= 11 is 0. The predicted molar refractivity (Wildman–Crippen MR) is 63.8 cm³/mol. The van der Waals surface area contributed by atoms with Crippen molar-refractivity contribution in [3.63, 3.8) is 0 Å². The van der Waals surface area contributed by atoms with Crippen LogP contribution in [0.4, 0.5) is 0 Å². The Balaban J connectivity index is 2.26. The van der Waals surface area contributed by atoms with Crippen LogP contribution in [0, 0.1) is 0 Å². The van der Waals surface area contributed by atoms with Gasteiger partial charge < -0.3 is 5.73 Å². The normalized spacial score (nSPS) is 10.6. The van der Waals surface area contributed by atoms with Crippen molar-refractivity contribution in [2.24, 2.45) is 12.8 Å². The highest BCUT2D eigenvalue weighted by Gasteiger charge is 2.03. The van der Waals surface area contributed by atoms with Gasteiger partial charge in [0.2, 0.25) is 0 Å². The van der Waals surface area contributed by atoms with E-state index >= 15 is 0 Å². The lowest BCUT2D eigenvalue weighted by atomic mass is 10.1. The summed E-state index contributed by atoms with van der Waals surface area (Å²) in [6.07, 6.45) is 5.55. The zero-order valence-electron chi connectivity index (χ0n) is 9.43. The fourth-order valence-electron chi connectivity index (χ4n) is 1.71. The molecule has 0 bridgehead atoms. The maximum Gasteiger partial charge on any atom is 0.0680 e. The molecule has 0 aliphatic carbocycles. The lowest BCUT2D eigenvalue weighted by Gasteiger charge is -2.04. The SMILES string of the molecule is Cn1nccc1-c1ccnc(CCCN)c1. The van der Waals surface area contributed by atoms with E-state index < -0.39 is 0 Å². The quantitative estimate of drug-likeness (QED) is 0.839. The van der Waals surface area contributed by atoms with E-state index in [1.807, 2.05) is 30.1 Å². The van der Waals surface area contributed by atoms with Crippen molar-refractivity contribution in [3.05, 3.63) is 36.3 Å². The molecule has 0 aliphatic rings. The first-order chi connectivity index (χ1) is 7.81. The van der Waals surface area contributed by atoms with E-state index in [4.69, 9.17) is 5.73 Å². The van der Waals surface area contributed by atoms with Crippen LogP contribution in [0.25, 0.3) is 11.3 Å². The van der Waals surface area contributed by atoms with Gasteiger partial charge in [0.25, 0.3) is 0 Å². The zero-order valence-corrected chi connectivity index (χ0v) is 9.43. The summed E-state index contributed by atoms with van der Waals surface area (Å²) < 4.78 is 1.86. The van der Waals surface area contributed by atoms with Crippen molar-refractivity contribution in [1.82, 2.24) is 14.8 Å². The summed E-state index contributed by atoms with van der Waals surface area (Å²) in [5.41, 5.74) is 8.84. The van der Waals surface area contributed by atoms with E-state index in [9.17, 15) is 0 Å². The Hall–Kier alpha value is -1.68. The third-order valence-corrected chi connectivity index (χ3v) is 2.57. The summed E-state index contributed by atoms with van der Waals surface area (Å²) in [7, 11) is 1.94. The monoisotopic (exact) mass is 216 g/mol. The molecule has 2 heterocycles. The number of nitrogens with two attached hydrogens (primary N) is 1. The molecule has 4 heteroatoms. The van der Waals surface area contributed by atoms with Gasteiger partial charge in [-0.15, -0.1) is 0 Å². The first kappa shape index (κ1) is 10.8. The van der Waals surface area contributed by atoms with Gasteiger partial charge in [-0.2, -0.15) is 5.10 Å². The summed E-state index contributed by atoms with van der Waals surface area (Å²) in [4.78, 5) is 4.33. The average Bonchev–Trinajstić information content (AvgIpc) is 2.73. The Morgan fingerprint density at radius 1 is 1.31 bits per heavy atom. The Kier molecular flexibility index (Phi) is 3.31. The second kappa shape index (κ2) is 4.90. The molecule has 0 atom stereocenters. The van der Waals surface area contributed by atoms with Gasteiger partial charge in [-0.1, -0.05) is 0 Å². The van der Waals surface area contributed by atoms with Crippen LogP contribution in [0.15, 0.2) is 30.6 Å². The third-order valence-electron chi connectivity index (χ3n) is 2.57. The highest BCUT2D eigenvalue weighted by atomic mass is 15.3. The minimum atomic E-state index is 0.706. The molecule has 0 aromatic carbocycles. The molecule has 4 nitrogen and oxygen atoms in total. The van der Waals surface area contributed by atoms with Gasteiger partial charge in [-0.25, -0.2) is 0 Å². The highest BCUT2D eigenvalue weighted by Crippen LogP contribution is 2.18. The van der Waals surface area contributed by atoms with Crippen LogP contribution in [-0.4, -0.2) is 21.3 Å². The Morgan fingerprint density at radius 2 is 2.19 bits per heavy atom. The third kappa shape index (κ3) is 2.28. The number of hydrogen-bond acceptors (Lipinski definition) is 3. The molecule has 0 saturated heterocycles. The molecule has 2 rings (SSSR count). The van der Waals surface area contributed by atoms with E-state index in [1.54, 1.807) is 6.20 Å². The second-order valence-electron chi connectivity index (χ2n) is 3.77. The van der Waals surface area contributed by atoms with Gasteiger partial charge in [0.15, 0.2) is 0 Å². The van der Waals surface area contributed by atoms with Gasteiger partial charge >= 0.3 is 0 Å². The molecule has 2 N–H and O–H groups in total. The minimum absolute atomic E-state index is 0.706. The molecular weight excluding hydrogens is 200 g/mol. The molecule has 84 valence electrons. The van der Waals surface area contributed by atoms with Crippen molar-refractivity contribution in [3.8, 4) is 11.3 Å². The molecule has 0 aliphatic heterocycles. The van der Waals surface area contributed by atoms with Crippen LogP contribution < -0.4 is 5.73 Å². The number of aromatic nitrogens is 3. The van der Waals surface area contributed by atoms with Crippen molar-refractivity contribution in [2.75, 3.05) is 6.54 Å². The van der Waals surface area contributed by atoms with E-state index in [0.29, 0.717) is 6.54 Å². The summed E-state index contributed by atoms with van der Waals surface area (Å²) in [6, 6.07) is 6.11. The first-order valence-electron chi connectivity index (χ1n) is 5.44. The van der Waals surface area contributed by atoms with Gasteiger partial charge in [-0.05, 0) is 37.6 Å². The number of aryl methyl sites for hydroxylation is 2. The molecule has 0 amide bonds. The van der Waals surface area contributed by atoms with Crippen LogP contribution in [0.5, 0.6) is 0 Å². The predicted octanol–water partition coefficient (Wildman–Crippen LogP) is 1.37. The zero-order chi connectivity index (χ0) is 11.4. The van der Waals surface area contributed by atoms with Crippen molar-refractivity contribution >= 4 is 0 Å². The lowest BCUT2D eigenvalue weighted by Crippen LogP contribution is -2.02. The number of rotatable bonds is 4. The fourth-order valence-corrected chi connectivity index (χ4v) is 1.71. The van der Waals surface area contributed by atoms with E-state index in [0.717, 1.165) is 29.8 Å². The molecule has 2 aromatic rings. The highest BCUT2D eigenvalue weighted by molar-refractivity contribution is 5.59. The largest absolute Gasteiger partial charge is 0.330 e. The first-order valence-corrected chi connectivity index (χ1v) is 5.44. The van der Waals surface area contributed by atoms with Crippen LogP contribution in [0.3, 0.4) is 0 Å². The topological polar surface area (TPSA) is 56.7 Å². The van der Waals surface area contributed by atoms with Crippen LogP contribution in [-0.2, 0) is 13.5 Å². The molecule has 2 aromatic heterocycles. The van der Waals surface area contributed by atoms with Crippen molar-refractivity contribution in [2.45, 2.75) is 12.8 Å². The molecule has 0 unspecified atom stereocenters. The number of hydrogen-bond donors (Lipinski definition) is 1. The van der Waals surface area contributed by atoms with Gasteiger partial charge in [0.05, 0.1) is 5.69 Å². The molecular formula is C12H16N4. The number of nitrogens with zero attached hydrogens (tertiary/aromatic N) is 3. The second-order valence-corrected chi connectivity index (χ2v) is 3.77. The van der Waals surface area contributed by atoms with Crippen LogP contribution in [0.2, 0.25) is 0 Å². The van der Waals surface area contributed by atoms with E-state index in [1.165, 1.54) is 0 Å². The lowest BCUT2D eigenvalue weighted by molar-refractivity contribution is 0.774. The summed E-state index contributed by atoms with van der Waals surface area (Å²) in [6.45, 7) is 0.706. The van der Waals surface area contributed by atoms with Gasteiger partial charge in [0.1, 0.15) is 0 Å². The van der Waals surface area contributed by atoms with Gasteiger partial charge in [0, 0.05) is 30.7 Å².